The van der Waals surface area contributed by atoms with Gasteiger partial charge in [-0.15, -0.1) is 0 Å². The summed E-state index contributed by atoms with van der Waals surface area (Å²) in [5, 5.41) is 0. The van der Waals surface area contributed by atoms with E-state index in [1.54, 1.807) is 36.4 Å². The quantitative estimate of drug-likeness (QED) is 0.688. The minimum absolute atomic E-state index is 0.192. The van der Waals surface area contributed by atoms with Crippen LogP contribution in [0, 0.1) is 11.6 Å². The van der Waals surface area contributed by atoms with Crippen LogP contribution in [0.4, 0.5) is 8.78 Å². The molecule has 0 spiro atoms. The van der Waals surface area contributed by atoms with Crippen LogP contribution in [0.25, 0.3) is 0 Å². The first kappa shape index (κ1) is 10.7. The van der Waals surface area contributed by atoms with Crippen LogP contribution in [-0.4, -0.2) is 0 Å². The molecule has 72 valence electrons. The van der Waals surface area contributed by atoms with E-state index in [-0.39, 0.29) is 11.6 Å². The molecular formula is C12H8F2Hg. The zero-order chi connectivity index (χ0) is 10.7. The van der Waals surface area contributed by atoms with Crippen molar-refractivity contribution in [2.75, 3.05) is 0 Å². The van der Waals surface area contributed by atoms with Crippen LogP contribution in [-0.2, 0) is 24.6 Å². The summed E-state index contributed by atoms with van der Waals surface area (Å²) in [6, 6.07) is 13.3. The molecule has 0 nitrogen and oxygen atoms in total. The summed E-state index contributed by atoms with van der Waals surface area (Å²) >= 11 is -1.84. The Labute approximate surface area is 99.4 Å². The summed E-state index contributed by atoms with van der Waals surface area (Å²) in [7, 11) is 0. The van der Waals surface area contributed by atoms with Crippen LogP contribution < -0.4 is 6.14 Å². The number of rotatable bonds is 2. The SMILES string of the molecule is Fc1cccc[c]1[Hg][c]1ccccc1F. The maximum atomic E-state index is 13.3. The van der Waals surface area contributed by atoms with E-state index in [2.05, 4.69) is 0 Å². The average molecular weight is 391 g/mol. The Balaban J connectivity index is 2.30. The third kappa shape index (κ3) is 2.62. The normalized spacial score (nSPS) is 9.73. The van der Waals surface area contributed by atoms with Crippen LogP contribution in [0.2, 0.25) is 0 Å². The van der Waals surface area contributed by atoms with Gasteiger partial charge in [0.1, 0.15) is 0 Å². The van der Waals surface area contributed by atoms with Gasteiger partial charge in [0.05, 0.1) is 0 Å². The van der Waals surface area contributed by atoms with Crippen LogP contribution >= 0.6 is 0 Å². The van der Waals surface area contributed by atoms with Gasteiger partial charge in [0.2, 0.25) is 0 Å². The van der Waals surface area contributed by atoms with Gasteiger partial charge < -0.3 is 0 Å². The summed E-state index contributed by atoms with van der Waals surface area (Å²) in [5.41, 5.74) is 0. The molecule has 0 atom stereocenters. The fraction of sp³-hybridized carbons (Fsp3) is 0. The van der Waals surface area contributed by atoms with Crippen molar-refractivity contribution >= 4 is 6.14 Å². The molecule has 2 rings (SSSR count). The molecule has 0 amide bonds. The monoisotopic (exact) mass is 392 g/mol. The molecule has 3 heteroatoms. The van der Waals surface area contributed by atoms with Crippen molar-refractivity contribution in [3.63, 3.8) is 0 Å². The van der Waals surface area contributed by atoms with Crippen molar-refractivity contribution in [1.29, 1.82) is 0 Å². The van der Waals surface area contributed by atoms with Crippen LogP contribution in [0.3, 0.4) is 0 Å². The third-order valence-corrected chi connectivity index (χ3v) is 9.72. The average Bonchev–Trinajstić information content (AvgIpc) is 2.24. The van der Waals surface area contributed by atoms with Crippen molar-refractivity contribution in [2.45, 2.75) is 0 Å². The van der Waals surface area contributed by atoms with E-state index in [1.807, 2.05) is 0 Å². The van der Waals surface area contributed by atoms with E-state index in [9.17, 15) is 8.78 Å². The number of halogens is 2. The van der Waals surface area contributed by atoms with Crippen molar-refractivity contribution in [3.8, 4) is 0 Å². The molecule has 0 aliphatic carbocycles. The molecule has 2 aromatic rings. The van der Waals surface area contributed by atoms with Gasteiger partial charge in [-0.1, -0.05) is 0 Å². The standard InChI is InChI=1S/2C6H4F.Hg/c2*7-6-4-2-1-3-5-6;/h2*1-4H;. The molecule has 0 radical (unpaired) electrons. The van der Waals surface area contributed by atoms with Gasteiger partial charge in [0.15, 0.2) is 0 Å². The first-order valence-corrected chi connectivity index (χ1v) is 10.2. The van der Waals surface area contributed by atoms with E-state index in [1.165, 1.54) is 12.1 Å². The van der Waals surface area contributed by atoms with Gasteiger partial charge in [-0.05, 0) is 0 Å². The van der Waals surface area contributed by atoms with Crippen molar-refractivity contribution in [1.82, 2.24) is 0 Å². The first-order valence-electron chi connectivity index (χ1n) is 4.74. The van der Waals surface area contributed by atoms with Gasteiger partial charge in [-0.3, -0.25) is 0 Å². The Morgan fingerprint density at radius 1 is 0.667 bits per heavy atom. The van der Waals surface area contributed by atoms with Crippen molar-refractivity contribution in [2.24, 2.45) is 0 Å². The van der Waals surface area contributed by atoms with Crippen LogP contribution in [0.15, 0.2) is 48.5 Å². The summed E-state index contributed by atoms with van der Waals surface area (Å²) in [6.45, 7) is 0. The molecule has 0 saturated carbocycles. The molecule has 0 fully saturated rings. The predicted octanol–water partition coefficient (Wildman–Crippen LogP) is 2.00. The Hall–Kier alpha value is -0.765. The molecule has 0 unspecified atom stereocenters. The van der Waals surface area contributed by atoms with E-state index in [4.69, 9.17) is 0 Å². The van der Waals surface area contributed by atoms with Crippen molar-refractivity contribution in [3.05, 3.63) is 60.2 Å². The Kier molecular flexibility index (Phi) is 3.47. The summed E-state index contributed by atoms with van der Waals surface area (Å²) in [6.07, 6.45) is 0. The van der Waals surface area contributed by atoms with Gasteiger partial charge in [-0.25, -0.2) is 0 Å². The molecule has 0 bridgehead atoms. The van der Waals surface area contributed by atoms with E-state index < -0.39 is 24.6 Å². The molecule has 0 heterocycles. The Morgan fingerprint density at radius 3 is 1.47 bits per heavy atom. The number of hydrogen-bond acceptors (Lipinski definition) is 0. The van der Waals surface area contributed by atoms with Gasteiger partial charge in [-0.2, -0.15) is 0 Å². The molecule has 0 saturated heterocycles. The van der Waals surface area contributed by atoms with E-state index in [0.717, 1.165) is 6.14 Å². The molecule has 0 aliphatic rings. The second kappa shape index (κ2) is 4.84. The predicted molar refractivity (Wildman–Crippen MR) is 52.1 cm³/mol. The zero-order valence-corrected chi connectivity index (χ0v) is 13.6. The number of benzene rings is 2. The summed E-state index contributed by atoms with van der Waals surface area (Å²) in [5.74, 6) is -0.384. The van der Waals surface area contributed by atoms with Gasteiger partial charge >= 0.3 is 99.7 Å². The minimum atomic E-state index is -1.84. The molecule has 0 N–H and O–H groups in total. The van der Waals surface area contributed by atoms with Gasteiger partial charge in [0, 0.05) is 0 Å². The fourth-order valence-corrected chi connectivity index (χ4v) is 7.29. The van der Waals surface area contributed by atoms with E-state index in [0.29, 0.717) is 0 Å². The second-order valence-corrected chi connectivity index (χ2v) is 10.7. The Morgan fingerprint density at radius 2 is 1.07 bits per heavy atom. The zero-order valence-electron chi connectivity index (χ0n) is 8.08. The van der Waals surface area contributed by atoms with Crippen LogP contribution in [0.5, 0.6) is 0 Å². The molecule has 0 aromatic heterocycles. The number of hydrogen-bond donors (Lipinski definition) is 0. The molecular weight excluding hydrogens is 383 g/mol. The van der Waals surface area contributed by atoms with Crippen molar-refractivity contribution < 1.29 is 33.4 Å². The summed E-state index contributed by atoms with van der Waals surface area (Å²) < 4.78 is 28.2. The Bertz CT molecular complexity index is 425. The third-order valence-electron chi connectivity index (χ3n) is 2.30. The second-order valence-electron chi connectivity index (χ2n) is 3.36. The maximum absolute atomic E-state index is 13.3. The fourth-order valence-electron chi connectivity index (χ4n) is 1.49. The molecule has 15 heavy (non-hydrogen) atoms. The first-order chi connectivity index (χ1) is 7.27. The van der Waals surface area contributed by atoms with E-state index >= 15 is 0 Å². The molecule has 2 aromatic carbocycles. The molecule has 0 aliphatic heterocycles. The van der Waals surface area contributed by atoms with Crippen LogP contribution in [0.1, 0.15) is 0 Å². The summed E-state index contributed by atoms with van der Waals surface area (Å²) in [4.78, 5) is 0. The topological polar surface area (TPSA) is 0 Å². The van der Waals surface area contributed by atoms with Gasteiger partial charge in [0.25, 0.3) is 0 Å².